The van der Waals surface area contributed by atoms with Gasteiger partial charge in [-0.3, -0.25) is 9.59 Å². The maximum atomic E-state index is 12.3. The van der Waals surface area contributed by atoms with Gasteiger partial charge in [0.15, 0.2) is 5.82 Å². The third kappa shape index (κ3) is 3.36. The van der Waals surface area contributed by atoms with E-state index in [1.807, 2.05) is 26.0 Å². The normalized spacial score (nSPS) is 17.0. The molecule has 0 unspecified atom stereocenters. The Morgan fingerprint density at radius 2 is 1.96 bits per heavy atom. The molecule has 2 aromatic rings. The number of nitrogens with zero attached hydrogens (tertiary/aromatic N) is 2. The highest BCUT2D eigenvalue weighted by Crippen LogP contribution is 2.18. The van der Waals surface area contributed by atoms with Crippen molar-refractivity contribution in [1.82, 2.24) is 20.6 Å². The van der Waals surface area contributed by atoms with Crippen molar-refractivity contribution in [3.8, 4) is 11.4 Å². The smallest absolute Gasteiger partial charge is 0.251 e. The first kappa shape index (κ1) is 15.1. The summed E-state index contributed by atoms with van der Waals surface area (Å²) < 4.78 is 0. The fourth-order valence-electron chi connectivity index (χ4n) is 2.63. The SMILES string of the molecule is Cc1cc(C)nc(-c2cccc(C(=O)N[C@H]3CCNC3=O)c2)n1. The van der Waals surface area contributed by atoms with E-state index in [0.29, 0.717) is 24.4 Å². The summed E-state index contributed by atoms with van der Waals surface area (Å²) >= 11 is 0. The summed E-state index contributed by atoms with van der Waals surface area (Å²) in [4.78, 5) is 32.7. The van der Waals surface area contributed by atoms with Crippen LogP contribution in [0.3, 0.4) is 0 Å². The van der Waals surface area contributed by atoms with Crippen LogP contribution in [0.5, 0.6) is 0 Å². The van der Waals surface area contributed by atoms with Gasteiger partial charge < -0.3 is 10.6 Å². The van der Waals surface area contributed by atoms with Gasteiger partial charge in [0.2, 0.25) is 5.91 Å². The first-order valence-corrected chi connectivity index (χ1v) is 7.54. The Balaban J connectivity index is 1.84. The van der Waals surface area contributed by atoms with Crippen LogP contribution in [0.2, 0.25) is 0 Å². The van der Waals surface area contributed by atoms with Crippen LogP contribution in [-0.2, 0) is 4.79 Å². The Labute approximate surface area is 134 Å². The van der Waals surface area contributed by atoms with Crippen LogP contribution >= 0.6 is 0 Å². The second-order valence-electron chi connectivity index (χ2n) is 5.66. The number of benzene rings is 1. The first-order chi connectivity index (χ1) is 11.0. The lowest BCUT2D eigenvalue weighted by atomic mass is 10.1. The maximum Gasteiger partial charge on any atom is 0.251 e. The minimum absolute atomic E-state index is 0.132. The van der Waals surface area contributed by atoms with Crippen molar-refractivity contribution in [2.45, 2.75) is 26.3 Å². The molecule has 1 atom stereocenters. The van der Waals surface area contributed by atoms with Crippen molar-refractivity contribution < 1.29 is 9.59 Å². The van der Waals surface area contributed by atoms with Gasteiger partial charge in [0.1, 0.15) is 6.04 Å². The standard InChI is InChI=1S/C17H18N4O2/c1-10-8-11(2)20-15(19-10)12-4-3-5-13(9-12)16(22)21-14-6-7-18-17(14)23/h3-5,8-9,14H,6-7H2,1-2H3,(H,18,23)(H,21,22)/t14-/m0/s1. The minimum Gasteiger partial charge on any atom is -0.354 e. The lowest BCUT2D eigenvalue weighted by Crippen LogP contribution is -2.40. The largest absolute Gasteiger partial charge is 0.354 e. The number of carbonyl (C=O) groups is 2. The molecule has 2 amide bonds. The Bertz CT molecular complexity index is 753. The van der Waals surface area contributed by atoms with Crippen molar-refractivity contribution in [3.05, 3.63) is 47.3 Å². The second kappa shape index (κ2) is 6.16. The highest BCUT2D eigenvalue weighted by molar-refractivity contribution is 5.98. The molecule has 118 valence electrons. The Kier molecular flexibility index (Phi) is 4.06. The van der Waals surface area contributed by atoms with E-state index in [9.17, 15) is 9.59 Å². The predicted octanol–water partition coefficient (Wildman–Crippen LogP) is 1.38. The van der Waals surface area contributed by atoms with E-state index in [0.717, 1.165) is 17.0 Å². The van der Waals surface area contributed by atoms with Crippen molar-refractivity contribution in [1.29, 1.82) is 0 Å². The zero-order valence-corrected chi connectivity index (χ0v) is 13.1. The number of carbonyl (C=O) groups excluding carboxylic acids is 2. The average Bonchev–Trinajstić information content (AvgIpc) is 2.91. The molecule has 1 aliphatic rings. The summed E-state index contributed by atoms with van der Waals surface area (Å²) in [5, 5.41) is 5.46. The molecule has 6 nitrogen and oxygen atoms in total. The van der Waals surface area contributed by atoms with Crippen LogP contribution in [0.15, 0.2) is 30.3 Å². The molecular weight excluding hydrogens is 292 g/mol. The summed E-state index contributed by atoms with van der Waals surface area (Å²) in [7, 11) is 0. The molecular formula is C17H18N4O2. The van der Waals surface area contributed by atoms with Crippen molar-refractivity contribution in [2.24, 2.45) is 0 Å². The van der Waals surface area contributed by atoms with E-state index in [2.05, 4.69) is 20.6 Å². The molecule has 3 rings (SSSR count). The minimum atomic E-state index is -0.455. The van der Waals surface area contributed by atoms with Gasteiger partial charge in [0.05, 0.1) is 0 Å². The van der Waals surface area contributed by atoms with Crippen LogP contribution in [0.4, 0.5) is 0 Å². The molecule has 0 bridgehead atoms. The predicted molar refractivity (Wildman–Crippen MR) is 85.8 cm³/mol. The Morgan fingerprint density at radius 3 is 2.61 bits per heavy atom. The number of nitrogens with one attached hydrogen (secondary N) is 2. The molecule has 1 fully saturated rings. The molecule has 1 saturated heterocycles. The summed E-state index contributed by atoms with van der Waals surface area (Å²) in [5.74, 6) is 0.196. The van der Waals surface area contributed by atoms with Crippen molar-refractivity contribution >= 4 is 11.8 Å². The van der Waals surface area contributed by atoms with Gasteiger partial charge in [0, 0.05) is 29.1 Å². The van der Waals surface area contributed by atoms with Gasteiger partial charge in [-0.1, -0.05) is 12.1 Å². The van der Waals surface area contributed by atoms with Gasteiger partial charge in [-0.05, 0) is 38.5 Å². The summed E-state index contributed by atoms with van der Waals surface area (Å²) in [6.45, 7) is 4.42. The van der Waals surface area contributed by atoms with E-state index in [1.54, 1.807) is 18.2 Å². The highest BCUT2D eigenvalue weighted by Gasteiger charge is 2.25. The fourth-order valence-corrected chi connectivity index (χ4v) is 2.63. The van der Waals surface area contributed by atoms with Crippen LogP contribution < -0.4 is 10.6 Å². The molecule has 2 N–H and O–H groups in total. The van der Waals surface area contributed by atoms with Crippen molar-refractivity contribution in [3.63, 3.8) is 0 Å². The number of aryl methyl sites for hydroxylation is 2. The molecule has 1 aliphatic heterocycles. The zero-order valence-electron chi connectivity index (χ0n) is 13.1. The number of hydrogen-bond acceptors (Lipinski definition) is 4. The molecule has 1 aromatic carbocycles. The lowest BCUT2D eigenvalue weighted by molar-refractivity contribution is -0.120. The summed E-state index contributed by atoms with van der Waals surface area (Å²) in [6.07, 6.45) is 0.616. The van der Waals surface area contributed by atoms with Gasteiger partial charge in [0.25, 0.3) is 5.91 Å². The van der Waals surface area contributed by atoms with E-state index < -0.39 is 6.04 Å². The van der Waals surface area contributed by atoms with Crippen LogP contribution in [0, 0.1) is 13.8 Å². The van der Waals surface area contributed by atoms with E-state index in [1.165, 1.54) is 0 Å². The van der Waals surface area contributed by atoms with E-state index >= 15 is 0 Å². The Morgan fingerprint density at radius 1 is 1.22 bits per heavy atom. The molecule has 0 radical (unpaired) electrons. The maximum absolute atomic E-state index is 12.3. The molecule has 0 aliphatic carbocycles. The summed E-state index contributed by atoms with van der Waals surface area (Å²) in [5.41, 5.74) is 3.03. The van der Waals surface area contributed by atoms with Crippen LogP contribution in [0.25, 0.3) is 11.4 Å². The Hall–Kier alpha value is -2.76. The van der Waals surface area contributed by atoms with Crippen LogP contribution in [-0.4, -0.2) is 34.4 Å². The quantitative estimate of drug-likeness (QED) is 0.897. The molecule has 1 aromatic heterocycles. The molecule has 6 heteroatoms. The summed E-state index contributed by atoms with van der Waals surface area (Å²) in [6, 6.07) is 8.57. The fraction of sp³-hybridized carbons (Fsp3) is 0.294. The van der Waals surface area contributed by atoms with Crippen LogP contribution in [0.1, 0.15) is 28.2 Å². The van der Waals surface area contributed by atoms with E-state index in [4.69, 9.17) is 0 Å². The lowest BCUT2D eigenvalue weighted by Gasteiger charge is -2.11. The van der Waals surface area contributed by atoms with Gasteiger partial charge in [-0.2, -0.15) is 0 Å². The second-order valence-corrected chi connectivity index (χ2v) is 5.66. The van der Waals surface area contributed by atoms with Gasteiger partial charge in [-0.15, -0.1) is 0 Å². The number of hydrogen-bond donors (Lipinski definition) is 2. The van der Waals surface area contributed by atoms with Gasteiger partial charge >= 0.3 is 0 Å². The van der Waals surface area contributed by atoms with Gasteiger partial charge in [-0.25, -0.2) is 9.97 Å². The van der Waals surface area contributed by atoms with E-state index in [-0.39, 0.29) is 11.8 Å². The zero-order chi connectivity index (χ0) is 16.4. The topological polar surface area (TPSA) is 84.0 Å². The average molecular weight is 310 g/mol. The molecule has 23 heavy (non-hydrogen) atoms. The third-order valence-corrected chi connectivity index (χ3v) is 3.72. The number of rotatable bonds is 3. The number of aromatic nitrogens is 2. The number of amides is 2. The molecule has 0 spiro atoms. The third-order valence-electron chi connectivity index (χ3n) is 3.72. The molecule has 2 heterocycles. The first-order valence-electron chi connectivity index (χ1n) is 7.54. The van der Waals surface area contributed by atoms with Crippen molar-refractivity contribution in [2.75, 3.05) is 6.54 Å². The highest BCUT2D eigenvalue weighted by atomic mass is 16.2. The molecule has 0 saturated carbocycles. The monoisotopic (exact) mass is 310 g/mol.